The zero-order chi connectivity index (χ0) is 26.7. The molecule has 4 rings (SSSR count). The van der Waals surface area contributed by atoms with E-state index < -0.39 is 30.9 Å². The fourth-order valence-corrected chi connectivity index (χ4v) is 3.97. The van der Waals surface area contributed by atoms with E-state index in [1.54, 1.807) is 18.3 Å². The fourth-order valence-electron chi connectivity index (χ4n) is 3.97. The van der Waals surface area contributed by atoms with Gasteiger partial charge in [-0.25, -0.2) is 14.4 Å². The standard InChI is InChI=1S/C25H32FN7O4/c1-15-9-16(22-27-14-28-24(31-22)30-17-10-29-33(11-17)25(2,3)4)5-6-20(15)37-21-7-8-32(12-18(21)26)23(36)19(35)13-34/h5-6,9-11,14,18-19,21,34-35H,7-8,12-13H2,1-4H3,(H,27,28,30,31)/t18-,19+,21+/m1/s1. The molecule has 11 nitrogen and oxygen atoms in total. The number of nitrogens with one attached hydrogen (secondary N) is 1. The summed E-state index contributed by atoms with van der Waals surface area (Å²) in [5.41, 5.74) is 2.13. The summed E-state index contributed by atoms with van der Waals surface area (Å²) in [6.07, 6.45) is 1.58. The summed E-state index contributed by atoms with van der Waals surface area (Å²) in [5.74, 6) is 0.685. The first kappa shape index (κ1) is 26.4. The lowest BCUT2D eigenvalue weighted by atomic mass is 10.0. The van der Waals surface area contributed by atoms with Crippen LogP contribution in [0.4, 0.5) is 16.0 Å². The molecule has 0 radical (unpaired) electrons. The predicted octanol–water partition coefficient (Wildman–Crippen LogP) is 2.21. The Morgan fingerprint density at radius 1 is 1.32 bits per heavy atom. The summed E-state index contributed by atoms with van der Waals surface area (Å²) in [6, 6.07) is 5.40. The number of likely N-dealkylation sites (tertiary alicyclic amines) is 1. The number of hydrogen-bond donors (Lipinski definition) is 3. The highest BCUT2D eigenvalue weighted by Crippen LogP contribution is 2.28. The molecule has 2 aromatic heterocycles. The molecule has 0 aliphatic carbocycles. The maximum absolute atomic E-state index is 14.8. The minimum Gasteiger partial charge on any atom is -0.487 e. The molecular weight excluding hydrogens is 481 g/mol. The van der Waals surface area contributed by atoms with Crippen LogP contribution in [0.15, 0.2) is 36.9 Å². The summed E-state index contributed by atoms with van der Waals surface area (Å²) in [4.78, 5) is 26.2. The van der Waals surface area contributed by atoms with Crippen molar-refractivity contribution in [1.29, 1.82) is 0 Å². The van der Waals surface area contributed by atoms with Crippen LogP contribution in [0.25, 0.3) is 11.4 Å². The number of aryl methyl sites for hydroxylation is 1. The number of benzene rings is 1. The molecule has 0 spiro atoms. The van der Waals surface area contributed by atoms with Gasteiger partial charge in [0.2, 0.25) is 5.95 Å². The van der Waals surface area contributed by atoms with Crippen molar-refractivity contribution in [3.63, 3.8) is 0 Å². The Morgan fingerprint density at radius 3 is 2.76 bits per heavy atom. The zero-order valence-electron chi connectivity index (χ0n) is 21.3. The van der Waals surface area contributed by atoms with Crippen LogP contribution in [0.3, 0.4) is 0 Å². The van der Waals surface area contributed by atoms with Crippen LogP contribution >= 0.6 is 0 Å². The molecule has 12 heteroatoms. The number of aliphatic hydroxyl groups is 2. The first-order valence-electron chi connectivity index (χ1n) is 12.1. The number of halogens is 1. The number of ether oxygens (including phenoxy) is 1. The van der Waals surface area contributed by atoms with E-state index in [0.717, 1.165) is 16.8 Å². The van der Waals surface area contributed by atoms with Gasteiger partial charge in [0.05, 0.1) is 30.6 Å². The normalized spacial score (nSPS) is 18.9. The molecule has 1 aliphatic heterocycles. The van der Waals surface area contributed by atoms with Gasteiger partial charge in [0.15, 0.2) is 18.1 Å². The van der Waals surface area contributed by atoms with Crippen molar-refractivity contribution in [2.75, 3.05) is 25.0 Å². The molecule has 3 aromatic rings. The third kappa shape index (κ3) is 6.20. The van der Waals surface area contributed by atoms with Gasteiger partial charge >= 0.3 is 0 Å². The lowest BCUT2D eigenvalue weighted by Crippen LogP contribution is -2.52. The molecule has 1 amide bonds. The first-order valence-corrected chi connectivity index (χ1v) is 12.1. The van der Waals surface area contributed by atoms with Crippen molar-refractivity contribution in [3.8, 4) is 17.1 Å². The van der Waals surface area contributed by atoms with Gasteiger partial charge in [-0.1, -0.05) is 0 Å². The average Bonchev–Trinajstić information content (AvgIpc) is 3.34. The lowest BCUT2D eigenvalue weighted by molar-refractivity contribution is -0.146. The van der Waals surface area contributed by atoms with E-state index in [9.17, 15) is 14.3 Å². The maximum Gasteiger partial charge on any atom is 0.253 e. The highest BCUT2D eigenvalue weighted by molar-refractivity contribution is 5.81. The van der Waals surface area contributed by atoms with Crippen molar-refractivity contribution in [2.24, 2.45) is 0 Å². The van der Waals surface area contributed by atoms with Gasteiger partial charge in [0.25, 0.3) is 5.91 Å². The molecule has 198 valence electrons. The van der Waals surface area contributed by atoms with Crippen molar-refractivity contribution in [1.82, 2.24) is 29.6 Å². The van der Waals surface area contributed by atoms with Crippen molar-refractivity contribution >= 4 is 17.5 Å². The quantitative estimate of drug-likeness (QED) is 0.434. The van der Waals surface area contributed by atoms with E-state index in [1.165, 1.54) is 11.2 Å². The van der Waals surface area contributed by atoms with Crippen LogP contribution in [0.2, 0.25) is 0 Å². The Hall–Kier alpha value is -3.64. The molecule has 1 fully saturated rings. The largest absolute Gasteiger partial charge is 0.487 e. The number of nitrogens with zero attached hydrogens (tertiary/aromatic N) is 6. The molecule has 0 unspecified atom stereocenters. The number of aliphatic hydroxyl groups excluding tert-OH is 2. The molecule has 37 heavy (non-hydrogen) atoms. The van der Waals surface area contributed by atoms with E-state index in [0.29, 0.717) is 17.5 Å². The van der Waals surface area contributed by atoms with Gasteiger partial charge in [-0.2, -0.15) is 10.1 Å². The lowest BCUT2D eigenvalue weighted by Gasteiger charge is -2.35. The molecule has 0 bridgehead atoms. The van der Waals surface area contributed by atoms with Gasteiger partial charge in [-0.05, 0) is 51.5 Å². The Kier molecular flexibility index (Phi) is 7.69. The van der Waals surface area contributed by atoms with Gasteiger partial charge in [0.1, 0.15) is 18.2 Å². The van der Waals surface area contributed by atoms with E-state index in [1.807, 2.05) is 23.9 Å². The number of alkyl halides is 1. The van der Waals surface area contributed by atoms with Crippen LogP contribution in [-0.2, 0) is 10.3 Å². The molecule has 1 aromatic carbocycles. The number of rotatable bonds is 7. The van der Waals surface area contributed by atoms with Crippen LogP contribution in [0, 0.1) is 6.92 Å². The number of amides is 1. The van der Waals surface area contributed by atoms with Gasteiger partial charge < -0.3 is 25.2 Å². The maximum atomic E-state index is 14.8. The summed E-state index contributed by atoms with van der Waals surface area (Å²) in [5, 5.41) is 26.0. The molecule has 3 N–H and O–H groups in total. The third-order valence-corrected chi connectivity index (χ3v) is 6.06. The number of anilines is 2. The smallest absolute Gasteiger partial charge is 0.253 e. The van der Waals surface area contributed by atoms with Gasteiger partial charge in [0, 0.05) is 24.7 Å². The third-order valence-electron chi connectivity index (χ3n) is 6.06. The summed E-state index contributed by atoms with van der Waals surface area (Å²) < 4.78 is 22.6. The number of piperidine rings is 1. The Morgan fingerprint density at radius 2 is 2.11 bits per heavy atom. The van der Waals surface area contributed by atoms with Gasteiger partial charge in [-0.3, -0.25) is 9.48 Å². The molecule has 1 saturated heterocycles. The van der Waals surface area contributed by atoms with Crippen molar-refractivity contribution in [2.45, 2.75) is 58.0 Å². The van der Waals surface area contributed by atoms with Crippen LogP contribution < -0.4 is 10.1 Å². The van der Waals surface area contributed by atoms with E-state index in [-0.39, 0.29) is 25.0 Å². The van der Waals surface area contributed by atoms with Crippen LogP contribution in [0.5, 0.6) is 5.75 Å². The topological polar surface area (TPSA) is 139 Å². The first-order chi connectivity index (χ1) is 17.5. The summed E-state index contributed by atoms with van der Waals surface area (Å²) in [7, 11) is 0. The number of carbonyl (C=O) groups is 1. The second kappa shape index (κ2) is 10.8. The highest BCUT2D eigenvalue weighted by Gasteiger charge is 2.35. The number of hydrogen-bond acceptors (Lipinski definition) is 9. The minimum atomic E-state index is -1.54. The van der Waals surface area contributed by atoms with E-state index >= 15 is 0 Å². The molecular formula is C25H32FN7O4. The average molecular weight is 514 g/mol. The summed E-state index contributed by atoms with van der Waals surface area (Å²) >= 11 is 0. The van der Waals surface area contributed by atoms with E-state index in [4.69, 9.17) is 9.84 Å². The molecule has 1 aliphatic rings. The Labute approximate surface area is 214 Å². The molecule has 3 heterocycles. The SMILES string of the molecule is Cc1cc(-c2ncnc(Nc3cnn(C(C)(C)C)c3)n2)ccc1O[C@H]1CCN(C(=O)[C@@H](O)CO)C[C@H]1F. The fraction of sp³-hybridized carbons (Fsp3) is 0.480. The predicted molar refractivity (Wildman–Crippen MR) is 134 cm³/mol. The van der Waals surface area contributed by atoms with Gasteiger partial charge in [-0.15, -0.1) is 0 Å². The van der Waals surface area contributed by atoms with Crippen molar-refractivity contribution < 1.29 is 24.1 Å². The van der Waals surface area contributed by atoms with Crippen LogP contribution in [0.1, 0.15) is 32.8 Å². The summed E-state index contributed by atoms with van der Waals surface area (Å²) in [6.45, 7) is 7.36. The Balaban J connectivity index is 1.42. The van der Waals surface area contributed by atoms with Crippen LogP contribution in [-0.4, -0.2) is 83.8 Å². The monoisotopic (exact) mass is 513 g/mol. The number of carbonyl (C=O) groups excluding carboxylic acids is 1. The minimum absolute atomic E-state index is 0.148. The van der Waals surface area contributed by atoms with Crippen molar-refractivity contribution in [3.05, 3.63) is 42.5 Å². The molecule has 0 saturated carbocycles. The zero-order valence-corrected chi connectivity index (χ0v) is 21.3. The molecule has 3 atom stereocenters. The highest BCUT2D eigenvalue weighted by atomic mass is 19.1. The second-order valence-electron chi connectivity index (χ2n) is 10.0. The van der Waals surface area contributed by atoms with E-state index in [2.05, 4.69) is 46.1 Å². The second-order valence-corrected chi connectivity index (χ2v) is 10.0. The Bertz CT molecular complexity index is 1250. The number of aromatic nitrogens is 5.